The number of thiophene rings is 1. The van der Waals surface area contributed by atoms with Crippen LogP contribution in [0.4, 0.5) is 11.4 Å². The van der Waals surface area contributed by atoms with Gasteiger partial charge in [-0.15, -0.1) is 11.3 Å². The van der Waals surface area contributed by atoms with Gasteiger partial charge in [-0.05, 0) is 44.2 Å². The smallest absolute Gasteiger partial charge is 0.238 e. The number of benzene rings is 1. The second-order valence-corrected chi connectivity index (χ2v) is 7.99. The van der Waals surface area contributed by atoms with Crippen molar-refractivity contribution in [3.05, 3.63) is 40.1 Å². The van der Waals surface area contributed by atoms with Crippen LogP contribution in [0.3, 0.4) is 0 Å². The summed E-state index contributed by atoms with van der Waals surface area (Å²) >= 11 is 1.75. The first kappa shape index (κ1) is 15.8. The Bertz CT molecular complexity index is 738. The Labute approximate surface area is 129 Å². The van der Waals surface area contributed by atoms with Crippen molar-refractivity contribution in [3.8, 4) is 0 Å². The highest BCUT2D eigenvalue weighted by Gasteiger charge is 2.12. The maximum atomic E-state index is 11.4. The zero-order valence-electron chi connectivity index (χ0n) is 12.0. The molecule has 2 aromatic rings. The monoisotopic (exact) mass is 325 g/mol. The van der Waals surface area contributed by atoms with Crippen LogP contribution in [0.25, 0.3) is 0 Å². The molecule has 0 fully saturated rings. The molecular weight excluding hydrogens is 306 g/mol. The van der Waals surface area contributed by atoms with Gasteiger partial charge >= 0.3 is 0 Å². The molecule has 0 bridgehead atoms. The molecule has 2 rings (SSSR count). The average Bonchev–Trinajstić information content (AvgIpc) is 2.76. The first-order chi connectivity index (χ1) is 9.75. The summed E-state index contributed by atoms with van der Waals surface area (Å²) in [5.41, 5.74) is 6.97. The van der Waals surface area contributed by atoms with E-state index in [1.165, 1.54) is 21.9 Å². The van der Waals surface area contributed by atoms with E-state index in [4.69, 9.17) is 10.9 Å². The van der Waals surface area contributed by atoms with Gasteiger partial charge in [-0.25, -0.2) is 13.6 Å². The van der Waals surface area contributed by atoms with Crippen LogP contribution in [-0.4, -0.2) is 14.5 Å². The number of nitrogens with one attached hydrogen (secondary N) is 1. The molecule has 5 N–H and O–H groups in total. The lowest BCUT2D eigenvalue weighted by Crippen LogP contribution is -2.19. The zero-order valence-corrected chi connectivity index (χ0v) is 13.6. The predicted octanol–water partition coefficient (Wildman–Crippen LogP) is 2.33. The lowest BCUT2D eigenvalue weighted by Gasteiger charge is -2.17. The van der Waals surface area contributed by atoms with Crippen molar-refractivity contribution < 1.29 is 8.42 Å². The minimum Gasteiger partial charge on any atom is -0.397 e. The normalized spacial score (nSPS) is 13.1. The summed E-state index contributed by atoms with van der Waals surface area (Å²) in [5.74, 6) is 0. The van der Waals surface area contributed by atoms with E-state index in [0.29, 0.717) is 11.4 Å². The van der Waals surface area contributed by atoms with Gasteiger partial charge in [0.2, 0.25) is 10.0 Å². The van der Waals surface area contributed by atoms with Crippen molar-refractivity contribution in [3.63, 3.8) is 0 Å². The van der Waals surface area contributed by atoms with Gasteiger partial charge in [-0.3, -0.25) is 0 Å². The molecule has 114 valence electrons. The third-order valence-electron chi connectivity index (χ3n) is 3.06. The highest BCUT2D eigenvalue weighted by molar-refractivity contribution is 7.89. The molecule has 1 aromatic heterocycles. The summed E-state index contributed by atoms with van der Waals surface area (Å²) < 4.78 is 22.8. The highest BCUT2D eigenvalue weighted by atomic mass is 32.2. The molecule has 1 atom stereocenters. The fraction of sp³-hybridized carbons (Fsp3) is 0.286. The van der Waals surface area contributed by atoms with E-state index >= 15 is 0 Å². The predicted molar refractivity (Wildman–Crippen MR) is 88.1 cm³/mol. The minimum absolute atomic E-state index is 0.0540. The molecular formula is C14H19N3O2S2. The summed E-state index contributed by atoms with van der Waals surface area (Å²) in [7, 11) is -3.73. The van der Waals surface area contributed by atoms with Crippen molar-refractivity contribution in [1.29, 1.82) is 0 Å². The Hall–Kier alpha value is -1.57. The first-order valence-electron chi connectivity index (χ1n) is 6.50. The molecule has 0 saturated carbocycles. The van der Waals surface area contributed by atoms with Crippen molar-refractivity contribution in [1.82, 2.24) is 0 Å². The Balaban J connectivity index is 2.15. The molecule has 21 heavy (non-hydrogen) atoms. The molecule has 7 heteroatoms. The molecule has 5 nitrogen and oxygen atoms in total. The maximum absolute atomic E-state index is 11.4. The average molecular weight is 325 g/mol. The third kappa shape index (κ3) is 4.20. The fourth-order valence-corrected chi connectivity index (χ4v) is 3.61. The van der Waals surface area contributed by atoms with E-state index in [9.17, 15) is 8.42 Å². The molecule has 0 spiro atoms. The van der Waals surface area contributed by atoms with Crippen molar-refractivity contribution in [2.24, 2.45) is 5.14 Å². The van der Waals surface area contributed by atoms with Crippen molar-refractivity contribution in [2.75, 3.05) is 11.1 Å². The van der Waals surface area contributed by atoms with Gasteiger partial charge < -0.3 is 11.1 Å². The van der Waals surface area contributed by atoms with E-state index in [0.717, 1.165) is 6.42 Å². The molecule has 0 amide bonds. The largest absolute Gasteiger partial charge is 0.397 e. The van der Waals surface area contributed by atoms with Crippen LogP contribution in [0.15, 0.2) is 35.2 Å². The van der Waals surface area contributed by atoms with E-state index in [-0.39, 0.29) is 10.9 Å². The number of primary sulfonamides is 1. The number of anilines is 2. The van der Waals surface area contributed by atoms with Crippen LogP contribution in [0.2, 0.25) is 0 Å². The summed E-state index contributed by atoms with van der Waals surface area (Å²) in [4.78, 5) is 2.60. The van der Waals surface area contributed by atoms with Gasteiger partial charge in [0.15, 0.2) is 0 Å². The lowest BCUT2D eigenvalue weighted by atomic mass is 10.2. The van der Waals surface area contributed by atoms with Crippen LogP contribution < -0.4 is 16.2 Å². The van der Waals surface area contributed by atoms with Gasteiger partial charge in [0, 0.05) is 22.2 Å². The van der Waals surface area contributed by atoms with Crippen molar-refractivity contribution >= 4 is 32.7 Å². The number of nitrogen functional groups attached to an aromatic ring is 1. The topological polar surface area (TPSA) is 98.2 Å². The molecule has 1 unspecified atom stereocenters. The SMILES string of the molecule is Cc1ccc(CC(C)Nc2cc(S(N)(=O)=O)ccc2N)s1. The van der Waals surface area contributed by atoms with E-state index < -0.39 is 10.0 Å². The Morgan fingerprint density at radius 2 is 2.00 bits per heavy atom. The summed E-state index contributed by atoms with van der Waals surface area (Å²) in [6.45, 7) is 4.10. The van der Waals surface area contributed by atoms with Gasteiger partial charge in [0.1, 0.15) is 0 Å². The van der Waals surface area contributed by atoms with Gasteiger partial charge in [0.05, 0.1) is 16.3 Å². The number of sulfonamides is 1. The number of nitrogens with two attached hydrogens (primary N) is 2. The maximum Gasteiger partial charge on any atom is 0.238 e. The first-order valence-corrected chi connectivity index (χ1v) is 8.86. The van der Waals surface area contributed by atoms with Crippen LogP contribution in [0, 0.1) is 6.92 Å². The van der Waals surface area contributed by atoms with Crippen LogP contribution in [0.5, 0.6) is 0 Å². The standard InChI is InChI=1S/C14H19N3O2S2/c1-9(7-11-4-3-10(2)20-11)17-14-8-12(21(16,18)19)5-6-13(14)15/h3-6,8-9,17H,7,15H2,1-2H3,(H2,16,18,19). The fourth-order valence-electron chi connectivity index (χ4n) is 2.05. The van der Waals surface area contributed by atoms with Crippen LogP contribution in [0.1, 0.15) is 16.7 Å². The Morgan fingerprint density at radius 1 is 1.29 bits per heavy atom. The highest BCUT2D eigenvalue weighted by Crippen LogP contribution is 2.24. The Kier molecular flexibility index (Phi) is 4.55. The molecule has 0 aliphatic heterocycles. The van der Waals surface area contributed by atoms with Gasteiger partial charge in [-0.1, -0.05) is 0 Å². The van der Waals surface area contributed by atoms with Gasteiger partial charge in [-0.2, -0.15) is 0 Å². The second-order valence-electron chi connectivity index (χ2n) is 5.06. The zero-order chi connectivity index (χ0) is 15.6. The number of hydrogen-bond donors (Lipinski definition) is 3. The molecule has 0 aliphatic carbocycles. The molecule has 0 aliphatic rings. The van der Waals surface area contributed by atoms with E-state index in [1.807, 2.05) is 6.92 Å². The lowest BCUT2D eigenvalue weighted by molar-refractivity contribution is 0.598. The van der Waals surface area contributed by atoms with Gasteiger partial charge in [0.25, 0.3) is 0 Å². The Morgan fingerprint density at radius 3 is 2.57 bits per heavy atom. The number of aryl methyl sites for hydroxylation is 1. The molecule has 0 saturated heterocycles. The second kappa shape index (κ2) is 6.05. The quantitative estimate of drug-likeness (QED) is 0.735. The minimum atomic E-state index is -3.73. The van der Waals surface area contributed by atoms with E-state index in [2.05, 4.69) is 24.4 Å². The number of rotatable bonds is 5. The summed E-state index contributed by atoms with van der Waals surface area (Å²) in [5, 5.41) is 8.38. The van der Waals surface area contributed by atoms with Crippen molar-refractivity contribution in [2.45, 2.75) is 31.2 Å². The third-order valence-corrected chi connectivity index (χ3v) is 4.99. The number of hydrogen-bond acceptors (Lipinski definition) is 5. The molecule has 0 radical (unpaired) electrons. The van der Waals surface area contributed by atoms with E-state index in [1.54, 1.807) is 17.4 Å². The summed E-state index contributed by atoms with van der Waals surface area (Å²) in [6.07, 6.45) is 0.845. The summed E-state index contributed by atoms with van der Waals surface area (Å²) in [6, 6.07) is 8.74. The van der Waals surface area contributed by atoms with Crippen LogP contribution in [-0.2, 0) is 16.4 Å². The molecule has 1 heterocycles. The molecule has 1 aromatic carbocycles. The van der Waals surface area contributed by atoms with Crippen LogP contribution >= 0.6 is 11.3 Å².